The second kappa shape index (κ2) is 23.7. The second-order valence-electron chi connectivity index (χ2n) is 18.1. The number of aliphatic hydroxyl groups excluding tert-OH is 2. The van der Waals surface area contributed by atoms with Crippen LogP contribution in [-0.2, 0) is 27.5 Å². The third kappa shape index (κ3) is 10.8. The lowest BCUT2D eigenvalue weighted by atomic mass is 9.55. The van der Waals surface area contributed by atoms with Gasteiger partial charge in [-0.2, -0.15) is 0 Å². The molecule has 1 aliphatic heterocycles. The summed E-state index contributed by atoms with van der Waals surface area (Å²) < 4.78 is 32.8. The van der Waals surface area contributed by atoms with E-state index in [1.165, 1.54) is 7.11 Å². The summed E-state index contributed by atoms with van der Waals surface area (Å²) in [5.41, 5.74) is 4.67. The molecule has 12 heteroatoms. The van der Waals surface area contributed by atoms with E-state index in [0.29, 0.717) is 53.5 Å². The van der Waals surface area contributed by atoms with Gasteiger partial charge in [0.05, 0.1) is 44.1 Å². The SMILES string of the molecule is C=CCCOC(=O)N(Cc1cccc2ccccc12)C1CC(=NOCc2ccccc2)C2=CC(CCCCO)C(CCCCO)C3c4cc(Oc5ccc(OC)c(C=O)c5)ccc4OC1(OCC=C)C23. The first-order valence-corrected chi connectivity index (χ1v) is 24.4. The molecule has 366 valence electrons. The van der Waals surface area contributed by atoms with E-state index < -0.39 is 23.8 Å². The molecule has 8 rings (SSSR count). The topological polar surface area (TPSA) is 146 Å². The van der Waals surface area contributed by atoms with Crippen LogP contribution in [0.15, 0.2) is 151 Å². The Balaban J connectivity index is 1.35. The molecular weight excluding hydrogens is 885 g/mol. The molecule has 3 aliphatic rings. The van der Waals surface area contributed by atoms with Crippen LogP contribution >= 0.6 is 0 Å². The fourth-order valence-electron chi connectivity index (χ4n) is 10.7. The van der Waals surface area contributed by atoms with Crippen molar-refractivity contribution < 1.29 is 48.3 Å². The largest absolute Gasteiger partial charge is 0.496 e. The molecule has 0 spiro atoms. The quantitative estimate of drug-likeness (QED) is 0.0265. The number of aldehydes is 1. The van der Waals surface area contributed by atoms with Crippen molar-refractivity contribution in [2.75, 3.05) is 33.5 Å². The molecule has 5 aromatic carbocycles. The molecule has 5 aromatic rings. The van der Waals surface area contributed by atoms with Gasteiger partial charge in [-0.05, 0) is 108 Å². The number of amides is 1. The van der Waals surface area contributed by atoms with E-state index in [1.807, 2.05) is 72.8 Å². The summed E-state index contributed by atoms with van der Waals surface area (Å²) in [6.07, 6.45) is 10.9. The number of aliphatic hydroxyl groups is 2. The predicted molar refractivity (Wildman–Crippen MR) is 270 cm³/mol. The van der Waals surface area contributed by atoms with Gasteiger partial charge in [-0.15, -0.1) is 13.2 Å². The van der Waals surface area contributed by atoms with E-state index >= 15 is 4.79 Å². The van der Waals surface area contributed by atoms with Gasteiger partial charge in [0.1, 0.15) is 35.6 Å². The summed E-state index contributed by atoms with van der Waals surface area (Å²) in [6.45, 7) is 8.69. The van der Waals surface area contributed by atoms with Gasteiger partial charge >= 0.3 is 6.09 Å². The van der Waals surface area contributed by atoms with Crippen molar-refractivity contribution in [1.82, 2.24) is 4.90 Å². The maximum Gasteiger partial charge on any atom is 0.410 e. The molecule has 0 radical (unpaired) electrons. The number of carbonyl (C=O) groups excluding carboxylic acids is 2. The van der Waals surface area contributed by atoms with Crippen LogP contribution in [0, 0.1) is 17.8 Å². The molecule has 12 nitrogen and oxygen atoms in total. The lowest BCUT2D eigenvalue weighted by molar-refractivity contribution is -0.256. The Hall–Kier alpha value is -6.73. The second-order valence-corrected chi connectivity index (χ2v) is 18.1. The minimum absolute atomic E-state index is 0.0115. The maximum atomic E-state index is 15.1. The van der Waals surface area contributed by atoms with E-state index in [2.05, 4.69) is 37.4 Å². The number of rotatable bonds is 24. The van der Waals surface area contributed by atoms with Crippen molar-refractivity contribution in [3.05, 3.63) is 168 Å². The lowest BCUT2D eigenvalue weighted by Gasteiger charge is -2.59. The Morgan fingerprint density at radius 1 is 0.886 bits per heavy atom. The summed E-state index contributed by atoms with van der Waals surface area (Å²) in [5, 5.41) is 27.2. The normalized spacial score (nSPS) is 21.6. The number of methoxy groups -OCH3 is 1. The summed E-state index contributed by atoms with van der Waals surface area (Å²) in [4.78, 5) is 35.2. The number of hydrogen-bond donors (Lipinski definition) is 2. The number of ether oxygens (including phenoxy) is 5. The van der Waals surface area contributed by atoms with Crippen LogP contribution in [0.3, 0.4) is 0 Å². The standard InChI is InChI=1S/C58H64N2O10/c1-4-6-32-66-57(64)60(37-43-22-16-21-41-19-10-11-23-47(41)43)54-36-51(59-68-39-40-17-8-7-9-18-40)49-34-42(20-12-14-29-61)48(24-13-15-30-62)55-50-35-46(69-45-25-27-52(65-3)44(33-45)38-63)26-28-53(50)70-58(54,56(49)55)67-31-5-2/h4-5,7-11,16-19,21-23,25-28,33-35,38,42,48,54-56,61-62H,1-2,6,12-15,20,24,29-32,36-37,39H2,3H3. The highest BCUT2D eigenvalue weighted by molar-refractivity contribution is 6.03. The highest BCUT2D eigenvalue weighted by Crippen LogP contribution is 2.62. The minimum atomic E-state index is -1.53. The molecule has 1 fully saturated rings. The molecule has 6 unspecified atom stereocenters. The van der Waals surface area contributed by atoms with Crippen LogP contribution in [0.25, 0.3) is 10.8 Å². The number of oxime groups is 1. The van der Waals surface area contributed by atoms with Crippen molar-refractivity contribution in [2.24, 2.45) is 22.9 Å². The number of nitrogens with zero attached hydrogens (tertiary/aromatic N) is 2. The zero-order valence-electron chi connectivity index (χ0n) is 40.0. The van der Waals surface area contributed by atoms with Gasteiger partial charge in [-0.1, -0.05) is 109 Å². The first-order valence-electron chi connectivity index (χ1n) is 24.4. The van der Waals surface area contributed by atoms with Gasteiger partial charge in [0, 0.05) is 31.1 Å². The van der Waals surface area contributed by atoms with E-state index in [-0.39, 0.29) is 63.8 Å². The van der Waals surface area contributed by atoms with Crippen LogP contribution < -0.4 is 14.2 Å². The average Bonchev–Trinajstić information content (AvgIpc) is 3.39. The summed E-state index contributed by atoms with van der Waals surface area (Å²) in [6, 6.07) is 34.1. The first-order chi connectivity index (χ1) is 34.4. The summed E-state index contributed by atoms with van der Waals surface area (Å²) in [7, 11) is 1.52. The highest BCUT2D eigenvalue weighted by atomic mass is 16.7. The molecule has 0 bridgehead atoms. The monoisotopic (exact) mass is 948 g/mol. The van der Waals surface area contributed by atoms with E-state index in [4.69, 9.17) is 33.7 Å². The van der Waals surface area contributed by atoms with Gasteiger partial charge in [-0.25, -0.2) is 4.79 Å². The molecule has 2 N–H and O–H groups in total. The van der Waals surface area contributed by atoms with Gasteiger partial charge in [-0.3, -0.25) is 9.69 Å². The van der Waals surface area contributed by atoms with Crippen molar-refractivity contribution >= 4 is 28.9 Å². The smallest absolute Gasteiger partial charge is 0.410 e. The molecule has 0 saturated heterocycles. The minimum Gasteiger partial charge on any atom is -0.496 e. The Morgan fingerprint density at radius 3 is 2.41 bits per heavy atom. The average molecular weight is 949 g/mol. The third-order valence-electron chi connectivity index (χ3n) is 13.8. The van der Waals surface area contributed by atoms with Crippen LogP contribution in [0.5, 0.6) is 23.0 Å². The van der Waals surface area contributed by atoms with Crippen molar-refractivity contribution in [2.45, 2.75) is 82.3 Å². The number of allylic oxidation sites excluding steroid dienone is 1. The number of carbonyl (C=O) groups is 2. The van der Waals surface area contributed by atoms with Crippen LogP contribution in [0.1, 0.15) is 84.3 Å². The van der Waals surface area contributed by atoms with Gasteiger partial charge in [0.2, 0.25) is 5.79 Å². The van der Waals surface area contributed by atoms with Crippen molar-refractivity contribution in [1.29, 1.82) is 0 Å². The van der Waals surface area contributed by atoms with Crippen molar-refractivity contribution in [3.63, 3.8) is 0 Å². The molecular formula is C58H64N2O10. The van der Waals surface area contributed by atoms with E-state index in [9.17, 15) is 15.0 Å². The third-order valence-corrected chi connectivity index (χ3v) is 13.8. The predicted octanol–water partition coefficient (Wildman–Crippen LogP) is 11.5. The number of fused-ring (bicyclic) bond motifs is 3. The Kier molecular flexibility index (Phi) is 16.8. The fourth-order valence-corrected chi connectivity index (χ4v) is 10.7. The first kappa shape index (κ1) is 49.7. The molecule has 0 aromatic heterocycles. The van der Waals surface area contributed by atoms with Crippen LogP contribution in [0.4, 0.5) is 4.79 Å². The van der Waals surface area contributed by atoms with Gasteiger partial charge in [0.25, 0.3) is 0 Å². The Labute approximate surface area is 410 Å². The van der Waals surface area contributed by atoms with Gasteiger partial charge < -0.3 is 38.7 Å². The zero-order valence-corrected chi connectivity index (χ0v) is 40.0. The van der Waals surface area contributed by atoms with E-state index in [1.54, 1.807) is 35.3 Å². The van der Waals surface area contributed by atoms with Crippen LogP contribution in [0.2, 0.25) is 0 Å². The zero-order chi connectivity index (χ0) is 48.9. The Morgan fingerprint density at radius 2 is 1.64 bits per heavy atom. The van der Waals surface area contributed by atoms with E-state index in [0.717, 1.165) is 65.0 Å². The fraction of sp³-hybridized carbons (Fsp3) is 0.362. The number of unbranched alkanes of at least 4 members (excludes halogenated alkanes) is 2. The highest BCUT2D eigenvalue weighted by Gasteiger charge is 2.65. The molecule has 1 amide bonds. The summed E-state index contributed by atoms with van der Waals surface area (Å²) >= 11 is 0. The van der Waals surface area contributed by atoms with Crippen molar-refractivity contribution in [3.8, 4) is 23.0 Å². The maximum absolute atomic E-state index is 15.1. The number of benzene rings is 5. The lowest BCUT2D eigenvalue weighted by Crippen LogP contribution is -2.70. The molecule has 2 aliphatic carbocycles. The summed E-state index contributed by atoms with van der Waals surface area (Å²) in [5.74, 6) is -0.431. The molecule has 6 atom stereocenters. The number of hydrogen-bond acceptors (Lipinski definition) is 11. The van der Waals surface area contributed by atoms with Gasteiger partial charge in [0.15, 0.2) is 6.29 Å². The Bertz CT molecular complexity index is 2660. The van der Waals surface area contributed by atoms with Crippen LogP contribution in [-0.4, -0.2) is 78.6 Å². The molecule has 1 heterocycles. The molecule has 1 saturated carbocycles. The molecule has 70 heavy (non-hydrogen) atoms.